The summed E-state index contributed by atoms with van der Waals surface area (Å²) in [7, 11) is 0. The number of carbonyl (C=O) groups excluding carboxylic acids is 2. The minimum atomic E-state index is -0.370. The molecule has 10 heteroatoms. The Bertz CT molecular complexity index is 1300. The van der Waals surface area contributed by atoms with Gasteiger partial charge in [-0.25, -0.2) is 0 Å². The maximum Gasteiger partial charge on any atom is 0.292 e. The molecule has 2 saturated heterocycles. The highest BCUT2D eigenvalue weighted by atomic mass is 16.6. The highest BCUT2D eigenvalue weighted by molar-refractivity contribution is 5.90. The zero-order chi connectivity index (χ0) is 26.2. The molecule has 5 rings (SSSR count). The standard InChI is InChI=1S/C27H32N6O4/c1-17-13-18(5-6-19(17)14-29-24(34)23-30-26(37-31-23)27(2,3)4)20-7-8-28-15-21(20)32-9-11-33(12-10-32)25(35)22-16-36-22/h5-8,13,15,22H,9-12,14,16H2,1-4H3,(H,29,34). The quantitative estimate of drug-likeness (QED) is 0.510. The van der Waals surface area contributed by atoms with Gasteiger partial charge < -0.3 is 24.4 Å². The van der Waals surface area contributed by atoms with Crippen molar-refractivity contribution in [1.82, 2.24) is 25.3 Å². The van der Waals surface area contributed by atoms with Gasteiger partial charge in [-0.3, -0.25) is 14.6 Å². The monoisotopic (exact) mass is 504 g/mol. The summed E-state index contributed by atoms with van der Waals surface area (Å²) in [5.74, 6) is 0.187. The fraction of sp³-hybridized carbons (Fsp3) is 0.444. The average Bonchev–Trinajstić information content (AvgIpc) is 3.61. The van der Waals surface area contributed by atoms with E-state index in [1.807, 2.05) is 50.9 Å². The Kier molecular flexibility index (Phi) is 6.68. The third-order valence-electron chi connectivity index (χ3n) is 6.70. The van der Waals surface area contributed by atoms with Gasteiger partial charge in [0, 0.05) is 49.9 Å². The maximum absolute atomic E-state index is 12.5. The van der Waals surface area contributed by atoms with E-state index in [9.17, 15) is 9.59 Å². The van der Waals surface area contributed by atoms with Gasteiger partial charge in [0.25, 0.3) is 17.6 Å². The number of benzene rings is 1. The van der Waals surface area contributed by atoms with Crippen LogP contribution in [0.1, 0.15) is 48.4 Å². The van der Waals surface area contributed by atoms with E-state index in [2.05, 4.69) is 37.5 Å². The van der Waals surface area contributed by atoms with E-state index in [0.29, 0.717) is 32.1 Å². The molecule has 0 saturated carbocycles. The lowest BCUT2D eigenvalue weighted by Gasteiger charge is -2.36. The van der Waals surface area contributed by atoms with Crippen molar-refractivity contribution < 1.29 is 18.8 Å². The van der Waals surface area contributed by atoms with Crippen molar-refractivity contribution in [2.75, 3.05) is 37.7 Å². The van der Waals surface area contributed by atoms with Crippen LogP contribution in [0.4, 0.5) is 5.69 Å². The van der Waals surface area contributed by atoms with Crippen molar-refractivity contribution in [3.05, 3.63) is 59.5 Å². The molecule has 2 amide bonds. The Morgan fingerprint density at radius 2 is 1.89 bits per heavy atom. The molecule has 4 heterocycles. The van der Waals surface area contributed by atoms with Crippen molar-refractivity contribution >= 4 is 17.5 Å². The molecule has 1 aromatic carbocycles. The Hall–Kier alpha value is -3.79. The molecule has 1 N–H and O–H groups in total. The summed E-state index contributed by atoms with van der Waals surface area (Å²) in [5, 5.41) is 6.70. The first kappa shape index (κ1) is 24.9. The van der Waals surface area contributed by atoms with E-state index < -0.39 is 0 Å². The highest BCUT2D eigenvalue weighted by Gasteiger charge is 2.36. The Labute approximate surface area is 216 Å². The molecule has 1 atom stereocenters. The van der Waals surface area contributed by atoms with Gasteiger partial charge in [-0.1, -0.05) is 44.1 Å². The summed E-state index contributed by atoms with van der Waals surface area (Å²) in [5.41, 5.74) is 4.94. The lowest BCUT2D eigenvalue weighted by atomic mass is 9.97. The van der Waals surface area contributed by atoms with Crippen molar-refractivity contribution in [3.63, 3.8) is 0 Å². The molecule has 2 aromatic heterocycles. The number of anilines is 1. The van der Waals surface area contributed by atoms with E-state index in [-0.39, 0.29) is 29.2 Å². The zero-order valence-corrected chi connectivity index (χ0v) is 21.7. The maximum atomic E-state index is 12.5. The average molecular weight is 505 g/mol. The predicted octanol–water partition coefficient (Wildman–Crippen LogP) is 2.71. The lowest BCUT2D eigenvalue weighted by molar-refractivity contribution is -0.132. The Morgan fingerprint density at radius 1 is 1.14 bits per heavy atom. The minimum absolute atomic E-state index is 0.0343. The van der Waals surface area contributed by atoms with Crippen LogP contribution in [-0.2, 0) is 21.5 Å². The van der Waals surface area contributed by atoms with E-state index in [1.54, 1.807) is 6.20 Å². The van der Waals surface area contributed by atoms with Gasteiger partial charge >= 0.3 is 0 Å². The summed E-state index contributed by atoms with van der Waals surface area (Å²) in [6.45, 7) is 11.6. The molecule has 1 unspecified atom stereocenters. The number of amides is 2. The summed E-state index contributed by atoms with van der Waals surface area (Å²) in [6.07, 6.45) is 3.44. The second-order valence-corrected chi connectivity index (χ2v) is 10.5. The summed E-state index contributed by atoms with van der Waals surface area (Å²) < 4.78 is 10.4. The number of epoxide rings is 1. The number of hydrogen-bond donors (Lipinski definition) is 1. The van der Waals surface area contributed by atoms with Crippen molar-refractivity contribution in [2.45, 2.75) is 45.8 Å². The topological polar surface area (TPSA) is 117 Å². The summed E-state index contributed by atoms with van der Waals surface area (Å²) >= 11 is 0. The third-order valence-corrected chi connectivity index (χ3v) is 6.70. The molecule has 2 aliphatic rings. The molecule has 2 aliphatic heterocycles. The van der Waals surface area contributed by atoms with Crippen LogP contribution in [0.15, 0.2) is 41.2 Å². The first-order valence-electron chi connectivity index (χ1n) is 12.5. The van der Waals surface area contributed by atoms with Gasteiger partial charge in [-0.05, 0) is 29.7 Å². The van der Waals surface area contributed by atoms with Gasteiger partial charge in [0.15, 0.2) is 6.10 Å². The number of nitrogens with one attached hydrogen (secondary N) is 1. The van der Waals surface area contributed by atoms with Crippen LogP contribution in [0.5, 0.6) is 0 Å². The number of aryl methyl sites for hydroxylation is 1. The molecular formula is C27H32N6O4. The molecule has 0 radical (unpaired) electrons. The number of rotatable bonds is 6. The van der Waals surface area contributed by atoms with Gasteiger partial charge in [0.05, 0.1) is 18.5 Å². The van der Waals surface area contributed by atoms with Crippen LogP contribution in [0.2, 0.25) is 0 Å². The second kappa shape index (κ2) is 9.93. The smallest absolute Gasteiger partial charge is 0.292 e. The predicted molar refractivity (Wildman–Crippen MR) is 137 cm³/mol. The van der Waals surface area contributed by atoms with Crippen LogP contribution in [0.25, 0.3) is 11.1 Å². The highest BCUT2D eigenvalue weighted by Crippen LogP contribution is 2.32. The fourth-order valence-electron chi connectivity index (χ4n) is 4.38. The normalized spacial score (nSPS) is 17.6. The van der Waals surface area contributed by atoms with Crippen LogP contribution in [0, 0.1) is 6.92 Å². The van der Waals surface area contributed by atoms with E-state index in [4.69, 9.17) is 9.26 Å². The molecule has 3 aromatic rings. The number of hydrogen-bond acceptors (Lipinski definition) is 8. The largest absolute Gasteiger partial charge is 0.366 e. The molecule has 194 valence electrons. The number of piperazine rings is 1. The van der Waals surface area contributed by atoms with Crippen LogP contribution >= 0.6 is 0 Å². The van der Waals surface area contributed by atoms with Gasteiger partial charge in [-0.2, -0.15) is 4.98 Å². The fourth-order valence-corrected chi connectivity index (χ4v) is 4.38. The molecule has 0 spiro atoms. The third kappa shape index (κ3) is 5.48. The number of nitrogens with zero attached hydrogens (tertiary/aromatic N) is 5. The number of pyridine rings is 1. The number of ether oxygens (including phenoxy) is 1. The van der Waals surface area contributed by atoms with Crippen molar-refractivity contribution in [2.24, 2.45) is 0 Å². The first-order valence-corrected chi connectivity index (χ1v) is 12.5. The summed E-state index contributed by atoms with van der Waals surface area (Å²) in [4.78, 5) is 37.6. The zero-order valence-electron chi connectivity index (χ0n) is 21.7. The minimum Gasteiger partial charge on any atom is -0.366 e. The van der Waals surface area contributed by atoms with E-state index in [1.165, 1.54) is 0 Å². The molecule has 37 heavy (non-hydrogen) atoms. The number of carbonyl (C=O) groups is 2. The Balaban J connectivity index is 1.25. The van der Waals surface area contributed by atoms with Gasteiger partial charge in [0.1, 0.15) is 0 Å². The van der Waals surface area contributed by atoms with Gasteiger partial charge in [-0.15, -0.1) is 0 Å². The van der Waals surface area contributed by atoms with Crippen LogP contribution in [0.3, 0.4) is 0 Å². The molecule has 0 bridgehead atoms. The second-order valence-electron chi connectivity index (χ2n) is 10.5. The summed E-state index contributed by atoms with van der Waals surface area (Å²) in [6, 6.07) is 8.22. The van der Waals surface area contributed by atoms with Crippen LogP contribution in [-0.4, -0.2) is 70.7 Å². The van der Waals surface area contributed by atoms with Gasteiger partial charge in [0.2, 0.25) is 5.89 Å². The molecular weight excluding hydrogens is 472 g/mol. The van der Waals surface area contributed by atoms with Crippen molar-refractivity contribution in [3.8, 4) is 11.1 Å². The van der Waals surface area contributed by atoms with E-state index >= 15 is 0 Å². The Morgan fingerprint density at radius 3 is 2.54 bits per heavy atom. The molecule has 0 aliphatic carbocycles. The van der Waals surface area contributed by atoms with Crippen LogP contribution < -0.4 is 10.2 Å². The SMILES string of the molecule is Cc1cc(-c2ccncc2N2CCN(C(=O)C3CO3)CC2)ccc1CNC(=O)c1noc(C(C)(C)C)n1. The first-order chi connectivity index (χ1) is 17.7. The molecule has 2 fully saturated rings. The van der Waals surface area contributed by atoms with E-state index in [0.717, 1.165) is 41.0 Å². The number of aromatic nitrogens is 3. The lowest BCUT2D eigenvalue weighted by Crippen LogP contribution is -2.50. The van der Waals surface area contributed by atoms with Crippen molar-refractivity contribution in [1.29, 1.82) is 0 Å². The molecule has 10 nitrogen and oxygen atoms in total.